The van der Waals surface area contributed by atoms with E-state index in [2.05, 4.69) is 15.9 Å². The summed E-state index contributed by atoms with van der Waals surface area (Å²) in [5, 5.41) is 0.920. The Morgan fingerprint density at radius 3 is 2.32 bits per heavy atom. The second-order valence-electron chi connectivity index (χ2n) is 4.22. The van der Waals surface area contributed by atoms with E-state index in [1.54, 1.807) is 26.2 Å². The number of rotatable bonds is 7. The molecule has 0 radical (unpaired) electrons. The van der Waals surface area contributed by atoms with Crippen LogP contribution >= 0.6 is 15.9 Å². The molecule has 19 heavy (non-hydrogen) atoms. The van der Waals surface area contributed by atoms with Crippen LogP contribution < -0.4 is 0 Å². The topological polar surface area (TPSA) is 38.8 Å². The van der Waals surface area contributed by atoms with E-state index in [0.29, 0.717) is 12.1 Å². The highest BCUT2D eigenvalue weighted by molar-refractivity contribution is 9.09. The smallest absolute Gasteiger partial charge is 0.253 e. The monoisotopic (exact) mass is 329 g/mol. The molecule has 1 amide bonds. The maximum absolute atomic E-state index is 12.2. The molecule has 0 N–H and O–H groups in total. The van der Waals surface area contributed by atoms with Crippen molar-refractivity contribution in [2.75, 3.05) is 33.1 Å². The van der Waals surface area contributed by atoms with Crippen LogP contribution in [-0.2, 0) is 15.9 Å². The van der Waals surface area contributed by atoms with Crippen molar-refractivity contribution in [2.24, 2.45) is 0 Å². The van der Waals surface area contributed by atoms with Crippen LogP contribution in [0, 0.1) is 0 Å². The molecule has 0 bridgehead atoms. The highest BCUT2D eigenvalue weighted by atomic mass is 79.9. The summed E-state index contributed by atoms with van der Waals surface area (Å²) in [6, 6.07) is 7.66. The summed E-state index contributed by atoms with van der Waals surface area (Å²) in [7, 11) is 4.85. The van der Waals surface area contributed by atoms with E-state index in [-0.39, 0.29) is 5.91 Å². The Bertz CT molecular complexity index is 390. The summed E-state index contributed by atoms with van der Waals surface area (Å²) < 4.78 is 10.2. The van der Waals surface area contributed by atoms with Crippen LogP contribution in [0.2, 0.25) is 0 Å². The van der Waals surface area contributed by atoms with Gasteiger partial charge in [0.05, 0.1) is 6.54 Å². The van der Waals surface area contributed by atoms with E-state index in [9.17, 15) is 4.79 Å². The summed E-state index contributed by atoms with van der Waals surface area (Å²) in [6.45, 7) is 0.398. The number of benzene rings is 1. The van der Waals surface area contributed by atoms with Crippen LogP contribution in [0.5, 0.6) is 0 Å². The predicted octanol–water partition coefficient (Wildman–Crippen LogP) is 2.31. The lowest BCUT2D eigenvalue weighted by Gasteiger charge is -2.22. The van der Waals surface area contributed by atoms with Gasteiger partial charge in [-0.3, -0.25) is 4.79 Å². The van der Waals surface area contributed by atoms with Gasteiger partial charge in [0.2, 0.25) is 0 Å². The minimum Gasteiger partial charge on any atom is -0.354 e. The molecule has 0 aliphatic rings. The molecule has 1 aromatic carbocycles. The number of amides is 1. The molecule has 0 saturated carbocycles. The number of alkyl halides is 1. The third-order valence-corrected chi connectivity index (χ3v) is 3.28. The van der Waals surface area contributed by atoms with Crippen molar-refractivity contribution >= 4 is 21.8 Å². The number of carbonyl (C=O) groups excluding carboxylic acids is 1. The maximum atomic E-state index is 12.2. The molecule has 0 spiro atoms. The Morgan fingerprint density at radius 2 is 1.84 bits per heavy atom. The van der Waals surface area contributed by atoms with Gasteiger partial charge < -0.3 is 14.4 Å². The number of aryl methyl sites for hydroxylation is 1. The zero-order valence-corrected chi connectivity index (χ0v) is 13.1. The fourth-order valence-electron chi connectivity index (χ4n) is 1.70. The van der Waals surface area contributed by atoms with Gasteiger partial charge in [0.15, 0.2) is 6.29 Å². The molecule has 0 saturated heterocycles. The largest absolute Gasteiger partial charge is 0.354 e. The molecular weight excluding hydrogens is 310 g/mol. The molecule has 1 rings (SSSR count). The summed E-state index contributed by atoms with van der Waals surface area (Å²) >= 11 is 3.40. The molecule has 5 heteroatoms. The van der Waals surface area contributed by atoms with E-state index in [1.165, 1.54) is 5.56 Å². The van der Waals surface area contributed by atoms with Gasteiger partial charge in [-0.15, -0.1) is 0 Å². The lowest BCUT2D eigenvalue weighted by atomic mass is 10.1. The first-order valence-electron chi connectivity index (χ1n) is 6.08. The van der Waals surface area contributed by atoms with Crippen molar-refractivity contribution in [1.29, 1.82) is 0 Å². The Hall–Kier alpha value is -0.910. The van der Waals surface area contributed by atoms with Crippen LogP contribution in [0.15, 0.2) is 24.3 Å². The minimum atomic E-state index is -0.401. The SMILES string of the molecule is COC(CN(C)C(=O)c1ccc(CCBr)cc1)OC. The molecule has 0 aromatic heterocycles. The van der Waals surface area contributed by atoms with Crippen LogP contribution in [-0.4, -0.2) is 50.2 Å². The Labute approximate surface area is 122 Å². The Kier molecular flexibility index (Phi) is 7.05. The zero-order valence-electron chi connectivity index (χ0n) is 11.6. The van der Waals surface area contributed by atoms with Gasteiger partial charge in [-0.05, 0) is 24.1 Å². The quantitative estimate of drug-likeness (QED) is 0.569. The van der Waals surface area contributed by atoms with E-state index < -0.39 is 6.29 Å². The van der Waals surface area contributed by atoms with Crippen LogP contribution in [0.4, 0.5) is 0 Å². The fourth-order valence-corrected chi connectivity index (χ4v) is 2.15. The molecule has 0 fully saturated rings. The molecule has 0 unspecified atom stereocenters. The first-order chi connectivity index (χ1) is 9.12. The number of carbonyl (C=O) groups is 1. The molecule has 4 nitrogen and oxygen atoms in total. The maximum Gasteiger partial charge on any atom is 0.253 e. The number of methoxy groups -OCH3 is 2. The lowest BCUT2D eigenvalue weighted by molar-refractivity contribution is -0.110. The van der Waals surface area contributed by atoms with Gasteiger partial charge in [-0.2, -0.15) is 0 Å². The highest BCUT2D eigenvalue weighted by Gasteiger charge is 2.16. The van der Waals surface area contributed by atoms with Crippen molar-refractivity contribution in [3.63, 3.8) is 0 Å². The Morgan fingerprint density at radius 1 is 1.26 bits per heavy atom. The van der Waals surface area contributed by atoms with E-state index in [4.69, 9.17) is 9.47 Å². The summed E-state index contributed by atoms with van der Waals surface area (Å²) in [5.41, 5.74) is 1.88. The number of nitrogens with zero attached hydrogens (tertiary/aromatic N) is 1. The standard InChI is InChI=1S/C14H20BrNO3/c1-16(10-13(18-2)19-3)14(17)12-6-4-11(5-7-12)8-9-15/h4-7,13H,8-10H2,1-3H3. The molecule has 106 valence electrons. The van der Waals surface area contributed by atoms with Crippen molar-refractivity contribution < 1.29 is 14.3 Å². The first-order valence-corrected chi connectivity index (χ1v) is 7.20. The normalized spacial score (nSPS) is 10.8. The second kappa shape index (κ2) is 8.30. The number of hydrogen-bond donors (Lipinski definition) is 0. The van der Waals surface area contributed by atoms with Crippen LogP contribution in [0.1, 0.15) is 15.9 Å². The van der Waals surface area contributed by atoms with Gasteiger partial charge >= 0.3 is 0 Å². The van der Waals surface area contributed by atoms with Gasteiger partial charge in [-0.25, -0.2) is 0 Å². The Balaban J connectivity index is 2.65. The first kappa shape index (κ1) is 16.1. The van der Waals surface area contributed by atoms with Crippen molar-refractivity contribution in [3.05, 3.63) is 35.4 Å². The predicted molar refractivity (Wildman–Crippen MR) is 78.7 cm³/mol. The third-order valence-electron chi connectivity index (χ3n) is 2.88. The van der Waals surface area contributed by atoms with Crippen molar-refractivity contribution in [3.8, 4) is 0 Å². The molecule has 0 heterocycles. The van der Waals surface area contributed by atoms with E-state index >= 15 is 0 Å². The highest BCUT2D eigenvalue weighted by Crippen LogP contribution is 2.09. The molecule has 0 atom stereocenters. The summed E-state index contributed by atoms with van der Waals surface area (Å²) in [6.07, 6.45) is 0.557. The molecule has 1 aromatic rings. The number of halogens is 1. The van der Waals surface area contributed by atoms with Gasteiger partial charge in [0.1, 0.15) is 0 Å². The summed E-state index contributed by atoms with van der Waals surface area (Å²) in [4.78, 5) is 13.8. The van der Waals surface area contributed by atoms with E-state index in [0.717, 1.165) is 11.8 Å². The van der Waals surface area contributed by atoms with Gasteiger partial charge in [0.25, 0.3) is 5.91 Å². The average Bonchev–Trinajstić information content (AvgIpc) is 2.45. The fraction of sp³-hybridized carbons (Fsp3) is 0.500. The molecule has 0 aliphatic carbocycles. The summed E-state index contributed by atoms with van der Waals surface area (Å²) in [5.74, 6) is -0.0375. The molecule has 0 aliphatic heterocycles. The lowest BCUT2D eigenvalue weighted by Crippen LogP contribution is -2.36. The van der Waals surface area contributed by atoms with Crippen molar-refractivity contribution in [1.82, 2.24) is 4.90 Å². The van der Waals surface area contributed by atoms with Gasteiger partial charge in [0, 0.05) is 32.2 Å². The van der Waals surface area contributed by atoms with Crippen LogP contribution in [0.3, 0.4) is 0 Å². The van der Waals surface area contributed by atoms with Crippen LogP contribution in [0.25, 0.3) is 0 Å². The van der Waals surface area contributed by atoms with Crippen molar-refractivity contribution in [2.45, 2.75) is 12.7 Å². The number of likely N-dealkylation sites (N-methyl/N-ethyl adjacent to an activating group) is 1. The minimum absolute atomic E-state index is 0.0375. The zero-order chi connectivity index (χ0) is 14.3. The number of ether oxygens (including phenoxy) is 2. The average molecular weight is 330 g/mol. The van der Waals surface area contributed by atoms with Gasteiger partial charge in [-0.1, -0.05) is 28.1 Å². The molecular formula is C14H20BrNO3. The van der Waals surface area contributed by atoms with E-state index in [1.807, 2.05) is 24.3 Å². The second-order valence-corrected chi connectivity index (χ2v) is 5.02. The number of hydrogen-bond acceptors (Lipinski definition) is 3. The third kappa shape index (κ3) is 4.93.